The monoisotopic (exact) mass is 269 g/mol. The van der Waals surface area contributed by atoms with Crippen LogP contribution >= 0.6 is 0 Å². The molecule has 0 saturated heterocycles. The van der Waals surface area contributed by atoms with Crippen molar-refractivity contribution < 1.29 is 13.6 Å². The van der Waals surface area contributed by atoms with Gasteiger partial charge < -0.3 is 0 Å². The van der Waals surface area contributed by atoms with E-state index in [9.17, 15) is 13.6 Å². The van der Waals surface area contributed by atoms with Gasteiger partial charge in [-0.15, -0.1) is 0 Å². The largest absolute Gasteiger partial charge is 0.289 e. The Morgan fingerprint density at radius 2 is 1.90 bits per heavy atom. The third-order valence-corrected chi connectivity index (χ3v) is 2.67. The van der Waals surface area contributed by atoms with E-state index in [2.05, 4.69) is 0 Å². The number of hydrogen-bond donors (Lipinski definition) is 0. The normalized spacial score (nSPS) is 10.4. The van der Waals surface area contributed by atoms with Crippen LogP contribution in [-0.2, 0) is 0 Å². The first kappa shape index (κ1) is 13.6. The van der Waals surface area contributed by atoms with Crippen LogP contribution in [0.3, 0.4) is 0 Å². The molecule has 0 amide bonds. The van der Waals surface area contributed by atoms with E-state index < -0.39 is 11.6 Å². The Morgan fingerprint density at radius 1 is 1.15 bits per heavy atom. The van der Waals surface area contributed by atoms with E-state index in [1.165, 1.54) is 24.3 Å². The topological polar surface area (TPSA) is 40.9 Å². The van der Waals surface area contributed by atoms with E-state index >= 15 is 0 Å². The molecule has 0 aliphatic rings. The molecule has 0 spiro atoms. The number of hydrogen-bond acceptors (Lipinski definition) is 2. The second-order valence-corrected chi connectivity index (χ2v) is 4.03. The quantitative estimate of drug-likeness (QED) is 0.629. The van der Waals surface area contributed by atoms with Crippen LogP contribution in [0.15, 0.2) is 48.5 Å². The molecular weight excluding hydrogens is 260 g/mol. The number of allylic oxidation sites excluding steroid dienone is 1. The smallest absolute Gasteiger partial charge is 0.185 e. The summed E-state index contributed by atoms with van der Waals surface area (Å²) in [6, 6.07) is 11.8. The zero-order chi connectivity index (χ0) is 14.5. The maximum Gasteiger partial charge on any atom is 0.185 e. The Balaban J connectivity index is 2.25. The molecule has 0 aromatic heterocycles. The predicted octanol–water partition coefficient (Wildman–Crippen LogP) is 3.73. The lowest BCUT2D eigenvalue weighted by Crippen LogP contribution is -1.95. The maximum absolute atomic E-state index is 13.4. The number of carbonyl (C=O) groups is 1. The number of carbonyl (C=O) groups excluding carboxylic acids is 1. The predicted molar refractivity (Wildman–Crippen MR) is 70.9 cm³/mol. The third-order valence-electron chi connectivity index (χ3n) is 2.67. The van der Waals surface area contributed by atoms with Crippen molar-refractivity contribution >= 4 is 11.9 Å². The number of halogens is 2. The summed E-state index contributed by atoms with van der Waals surface area (Å²) < 4.78 is 26.4. The van der Waals surface area contributed by atoms with Crippen molar-refractivity contribution in [3.05, 3.63) is 76.9 Å². The Labute approximate surface area is 114 Å². The lowest BCUT2D eigenvalue weighted by Gasteiger charge is -1.98. The van der Waals surface area contributed by atoms with Crippen molar-refractivity contribution in [1.82, 2.24) is 0 Å². The van der Waals surface area contributed by atoms with Gasteiger partial charge in [0.1, 0.15) is 0 Å². The highest BCUT2D eigenvalue weighted by Gasteiger charge is 2.06. The second kappa shape index (κ2) is 5.89. The van der Waals surface area contributed by atoms with Crippen LogP contribution in [0.25, 0.3) is 6.08 Å². The molecule has 0 heterocycles. The molecule has 20 heavy (non-hydrogen) atoms. The molecule has 2 aromatic rings. The minimum absolute atomic E-state index is 0.00483. The molecule has 2 aromatic carbocycles. The first-order valence-electron chi connectivity index (χ1n) is 5.78. The van der Waals surface area contributed by atoms with E-state index in [0.29, 0.717) is 11.1 Å². The molecule has 2 nitrogen and oxygen atoms in total. The number of rotatable bonds is 3. The van der Waals surface area contributed by atoms with Crippen LogP contribution in [0.4, 0.5) is 8.78 Å². The van der Waals surface area contributed by atoms with Gasteiger partial charge in [0, 0.05) is 11.1 Å². The zero-order valence-electron chi connectivity index (χ0n) is 10.3. The van der Waals surface area contributed by atoms with Gasteiger partial charge in [-0.25, -0.2) is 8.78 Å². The van der Waals surface area contributed by atoms with Gasteiger partial charge in [0.2, 0.25) is 0 Å². The minimum atomic E-state index is -0.998. The van der Waals surface area contributed by atoms with E-state index in [1.807, 2.05) is 6.07 Å². The third kappa shape index (κ3) is 2.96. The first-order valence-corrected chi connectivity index (χ1v) is 5.78. The van der Waals surface area contributed by atoms with Crippen LogP contribution < -0.4 is 0 Å². The van der Waals surface area contributed by atoms with Crippen LogP contribution in [0, 0.1) is 23.0 Å². The molecule has 0 N–H and O–H groups in total. The molecule has 0 fully saturated rings. The molecular formula is C16H9F2NO. The number of nitrogens with zero attached hydrogens (tertiary/aromatic N) is 1. The fraction of sp³-hybridized carbons (Fsp3) is 0. The van der Waals surface area contributed by atoms with Crippen molar-refractivity contribution in [2.75, 3.05) is 0 Å². The van der Waals surface area contributed by atoms with Crippen molar-refractivity contribution in [3.63, 3.8) is 0 Å². The van der Waals surface area contributed by atoms with E-state index in [0.717, 1.165) is 12.1 Å². The highest BCUT2D eigenvalue weighted by molar-refractivity contribution is 6.07. The van der Waals surface area contributed by atoms with Crippen LogP contribution in [-0.4, -0.2) is 5.78 Å². The Kier molecular flexibility index (Phi) is 4.02. The zero-order valence-corrected chi connectivity index (χ0v) is 10.3. The molecule has 0 bridgehead atoms. The fourth-order valence-electron chi connectivity index (χ4n) is 1.65. The standard InChI is InChI=1S/C16H9F2NO/c17-14-6-2-4-12(16(14)18)7-8-15(20)13-5-1-3-11(9-13)10-19/h1-9H/b8-7+. The summed E-state index contributed by atoms with van der Waals surface area (Å²) in [5, 5.41) is 8.75. The molecule has 0 unspecified atom stereocenters. The van der Waals surface area contributed by atoms with Crippen molar-refractivity contribution in [2.45, 2.75) is 0 Å². The van der Waals surface area contributed by atoms with Crippen LogP contribution in [0.5, 0.6) is 0 Å². The van der Waals surface area contributed by atoms with Crippen LogP contribution in [0.1, 0.15) is 21.5 Å². The Hall–Kier alpha value is -2.80. The Morgan fingerprint density at radius 3 is 2.65 bits per heavy atom. The summed E-state index contributed by atoms with van der Waals surface area (Å²) in [5.41, 5.74) is 0.674. The van der Waals surface area contributed by atoms with E-state index in [4.69, 9.17) is 5.26 Å². The minimum Gasteiger partial charge on any atom is -0.289 e. The Bertz CT molecular complexity index is 729. The van der Waals surface area contributed by atoms with Crippen molar-refractivity contribution in [2.24, 2.45) is 0 Å². The average Bonchev–Trinajstić information content (AvgIpc) is 2.48. The van der Waals surface area contributed by atoms with Gasteiger partial charge in [0.25, 0.3) is 0 Å². The lowest BCUT2D eigenvalue weighted by molar-refractivity contribution is 0.104. The van der Waals surface area contributed by atoms with Crippen molar-refractivity contribution in [3.8, 4) is 6.07 Å². The van der Waals surface area contributed by atoms with Gasteiger partial charge in [0.05, 0.1) is 11.6 Å². The van der Waals surface area contributed by atoms with Gasteiger partial charge >= 0.3 is 0 Å². The lowest BCUT2D eigenvalue weighted by atomic mass is 10.1. The van der Waals surface area contributed by atoms with E-state index in [-0.39, 0.29) is 11.3 Å². The van der Waals surface area contributed by atoms with Gasteiger partial charge in [0.15, 0.2) is 17.4 Å². The molecule has 0 saturated carbocycles. The number of ketones is 1. The summed E-state index contributed by atoms with van der Waals surface area (Å²) in [6.45, 7) is 0. The summed E-state index contributed by atoms with van der Waals surface area (Å²) >= 11 is 0. The second-order valence-electron chi connectivity index (χ2n) is 4.03. The average molecular weight is 269 g/mol. The molecule has 4 heteroatoms. The molecule has 0 atom stereocenters. The highest BCUT2D eigenvalue weighted by Crippen LogP contribution is 2.14. The molecule has 0 aliphatic heterocycles. The summed E-state index contributed by atoms with van der Waals surface area (Å²) in [7, 11) is 0. The first-order chi connectivity index (χ1) is 9.61. The summed E-state index contributed by atoms with van der Waals surface area (Å²) in [4.78, 5) is 11.9. The summed E-state index contributed by atoms with van der Waals surface area (Å²) in [5.74, 6) is -2.35. The maximum atomic E-state index is 13.4. The van der Waals surface area contributed by atoms with Crippen molar-refractivity contribution in [1.29, 1.82) is 5.26 Å². The molecule has 2 rings (SSSR count). The molecule has 0 radical (unpaired) electrons. The summed E-state index contributed by atoms with van der Waals surface area (Å²) in [6.07, 6.45) is 2.36. The van der Waals surface area contributed by atoms with Gasteiger partial charge in [-0.1, -0.05) is 24.3 Å². The van der Waals surface area contributed by atoms with Crippen LogP contribution in [0.2, 0.25) is 0 Å². The van der Waals surface area contributed by atoms with Gasteiger partial charge in [-0.3, -0.25) is 4.79 Å². The molecule has 0 aliphatic carbocycles. The highest BCUT2D eigenvalue weighted by atomic mass is 19.2. The number of benzene rings is 2. The number of nitriles is 1. The van der Waals surface area contributed by atoms with Gasteiger partial charge in [-0.2, -0.15) is 5.26 Å². The SMILES string of the molecule is N#Cc1cccc(C(=O)/C=C/c2cccc(F)c2F)c1. The van der Waals surface area contributed by atoms with E-state index in [1.54, 1.807) is 18.2 Å². The molecule has 98 valence electrons. The fourth-order valence-corrected chi connectivity index (χ4v) is 1.65. The van der Waals surface area contributed by atoms with Gasteiger partial charge in [-0.05, 0) is 30.4 Å².